The zero-order valence-electron chi connectivity index (χ0n) is 14.5. The first-order valence-corrected chi connectivity index (χ1v) is 9.94. The number of hydrogen-bond donors (Lipinski definition) is 1. The number of anilines is 1. The van der Waals surface area contributed by atoms with E-state index >= 15 is 0 Å². The average molecular weight is 378 g/mol. The lowest BCUT2D eigenvalue weighted by molar-refractivity contribution is -0.125. The Morgan fingerprint density at radius 3 is 2.72 bits per heavy atom. The van der Waals surface area contributed by atoms with Crippen molar-refractivity contribution in [3.63, 3.8) is 0 Å². The van der Waals surface area contributed by atoms with E-state index in [0.717, 1.165) is 43.3 Å². The Morgan fingerprint density at radius 2 is 2.04 bits per heavy atom. The first-order chi connectivity index (χ1) is 12.1. The van der Waals surface area contributed by atoms with E-state index in [1.54, 1.807) is 11.3 Å². The molecule has 1 fully saturated rings. The predicted octanol–water partition coefficient (Wildman–Crippen LogP) is 3.27. The van der Waals surface area contributed by atoms with Gasteiger partial charge in [-0.25, -0.2) is 0 Å². The second-order valence-electron chi connectivity index (χ2n) is 6.30. The Balaban J connectivity index is 1.44. The summed E-state index contributed by atoms with van der Waals surface area (Å²) in [5, 5.41) is 5.89. The smallest absolute Gasteiger partial charge is 0.237 e. The Hall–Kier alpha value is -1.56. The molecule has 1 aliphatic rings. The van der Waals surface area contributed by atoms with Gasteiger partial charge in [0.25, 0.3) is 0 Å². The molecule has 0 radical (unpaired) electrons. The van der Waals surface area contributed by atoms with Crippen molar-refractivity contribution < 1.29 is 4.79 Å². The quantitative estimate of drug-likeness (QED) is 0.839. The minimum Gasteiger partial charge on any atom is -0.369 e. The summed E-state index contributed by atoms with van der Waals surface area (Å²) in [6, 6.07) is 12.0. The fraction of sp³-hybridized carbons (Fsp3) is 0.421. The van der Waals surface area contributed by atoms with Gasteiger partial charge >= 0.3 is 0 Å². The van der Waals surface area contributed by atoms with Gasteiger partial charge in [-0.05, 0) is 43.0 Å². The van der Waals surface area contributed by atoms with Crippen molar-refractivity contribution in [3.8, 4) is 0 Å². The highest BCUT2D eigenvalue weighted by Gasteiger charge is 2.25. The van der Waals surface area contributed by atoms with E-state index in [4.69, 9.17) is 11.6 Å². The second-order valence-corrected chi connectivity index (χ2v) is 7.77. The largest absolute Gasteiger partial charge is 0.369 e. The van der Waals surface area contributed by atoms with Crippen LogP contribution < -0.4 is 10.2 Å². The lowest BCUT2D eigenvalue weighted by Crippen LogP contribution is -2.54. The lowest BCUT2D eigenvalue weighted by Gasteiger charge is -2.38. The van der Waals surface area contributed by atoms with Crippen molar-refractivity contribution in [1.29, 1.82) is 0 Å². The molecule has 134 valence electrons. The zero-order valence-corrected chi connectivity index (χ0v) is 16.0. The molecule has 1 aliphatic heterocycles. The molecule has 0 bridgehead atoms. The Bertz CT molecular complexity index is 684. The van der Waals surface area contributed by atoms with Crippen molar-refractivity contribution in [3.05, 3.63) is 51.7 Å². The van der Waals surface area contributed by atoms with Gasteiger partial charge in [0.15, 0.2) is 0 Å². The third kappa shape index (κ3) is 4.97. The number of benzene rings is 1. The standard InChI is InChI=1S/C19H24ClN3OS/c1-15(19(24)21-8-7-18-6-3-13-25-18)22-9-11-23(12-10-22)17-5-2-4-16(20)14-17/h2-6,13-15H,7-12H2,1H3,(H,21,24). The lowest BCUT2D eigenvalue weighted by atomic mass is 10.2. The predicted molar refractivity (Wildman–Crippen MR) is 106 cm³/mol. The van der Waals surface area contributed by atoms with Gasteiger partial charge < -0.3 is 10.2 Å². The maximum absolute atomic E-state index is 12.4. The van der Waals surface area contributed by atoms with E-state index in [9.17, 15) is 4.79 Å². The zero-order chi connectivity index (χ0) is 17.6. The highest BCUT2D eigenvalue weighted by atomic mass is 35.5. The van der Waals surface area contributed by atoms with Gasteiger partial charge in [-0.15, -0.1) is 11.3 Å². The summed E-state index contributed by atoms with van der Waals surface area (Å²) >= 11 is 7.81. The molecule has 25 heavy (non-hydrogen) atoms. The molecule has 1 amide bonds. The normalized spacial score (nSPS) is 16.6. The van der Waals surface area contributed by atoms with Gasteiger partial charge in [0.1, 0.15) is 0 Å². The minimum absolute atomic E-state index is 0.0927. The highest BCUT2D eigenvalue weighted by molar-refractivity contribution is 7.09. The van der Waals surface area contributed by atoms with Gasteiger partial charge in [0.2, 0.25) is 5.91 Å². The summed E-state index contributed by atoms with van der Waals surface area (Å²) in [6.45, 7) is 6.28. The van der Waals surface area contributed by atoms with Crippen LogP contribution in [0, 0.1) is 0 Å². The summed E-state index contributed by atoms with van der Waals surface area (Å²) in [5.74, 6) is 0.118. The van der Waals surface area contributed by atoms with Gasteiger partial charge in [-0.3, -0.25) is 9.69 Å². The van der Waals surface area contributed by atoms with E-state index in [1.807, 2.05) is 31.2 Å². The molecule has 2 aromatic rings. The molecule has 1 saturated heterocycles. The summed E-state index contributed by atoms with van der Waals surface area (Å²) in [5.41, 5.74) is 1.15. The molecule has 1 aromatic heterocycles. The highest BCUT2D eigenvalue weighted by Crippen LogP contribution is 2.21. The van der Waals surface area contributed by atoms with Crippen LogP contribution in [0.15, 0.2) is 41.8 Å². The Morgan fingerprint density at radius 1 is 1.24 bits per heavy atom. The van der Waals surface area contributed by atoms with Crippen LogP contribution in [0.1, 0.15) is 11.8 Å². The van der Waals surface area contributed by atoms with Crippen LogP contribution in [-0.2, 0) is 11.2 Å². The molecule has 4 nitrogen and oxygen atoms in total. The number of amides is 1. The number of hydrogen-bond acceptors (Lipinski definition) is 4. The molecule has 1 atom stereocenters. The number of carbonyl (C=O) groups excluding carboxylic acids is 1. The van der Waals surface area contributed by atoms with Crippen LogP contribution in [0.3, 0.4) is 0 Å². The van der Waals surface area contributed by atoms with Crippen molar-refractivity contribution in [2.75, 3.05) is 37.6 Å². The fourth-order valence-electron chi connectivity index (χ4n) is 3.12. The van der Waals surface area contributed by atoms with Crippen LogP contribution in [0.5, 0.6) is 0 Å². The number of halogens is 1. The van der Waals surface area contributed by atoms with Gasteiger partial charge in [-0.1, -0.05) is 23.7 Å². The van der Waals surface area contributed by atoms with Crippen LogP contribution in [0.25, 0.3) is 0 Å². The molecule has 1 aromatic carbocycles. The molecule has 0 aliphatic carbocycles. The Labute approximate surface area is 158 Å². The molecular formula is C19H24ClN3OS. The van der Waals surface area contributed by atoms with Crippen LogP contribution in [-0.4, -0.2) is 49.6 Å². The first-order valence-electron chi connectivity index (χ1n) is 8.68. The Kier molecular flexibility index (Phi) is 6.34. The third-order valence-electron chi connectivity index (χ3n) is 4.67. The number of carbonyl (C=O) groups is 1. The summed E-state index contributed by atoms with van der Waals surface area (Å²) in [4.78, 5) is 18.3. The van der Waals surface area contributed by atoms with Crippen LogP contribution >= 0.6 is 22.9 Å². The monoisotopic (exact) mass is 377 g/mol. The van der Waals surface area contributed by atoms with Gasteiger partial charge in [-0.2, -0.15) is 0 Å². The molecule has 3 rings (SSSR count). The van der Waals surface area contributed by atoms with Gasteiger partial charge in [0, 0.05) is 48.3 Å². The molecule has 1 unspecified atom stereocenters. The molecule has 2 heterocycles. The summed E-state index contributed by atoms with van der Waals surface area (Å²) < 4.78 is 0. The number of thiophene rings is 1. The third-order valence-corrected chi connectivity index (χ3v) is 5.84. The van der Waals surface area contributed by atoms with Crippen LogP contribution in [0.4, 0.5) is 5.69 Å². The van der Waals surface area contributed by atoms with E-state index in [2.05, 4.69) is 32.6 Å². The van der Waals surface area contributed by atoms with Crippen LogP contribution in [0.2, 0.25) is 5.02 Å². The molecule has 6 heteroatoms. The van der Waals surface area contributed by atoms with Crippen molar-refractivity contribution in [1.82, 2.24) is 10.2 Å². The number of rotatable bonds is 6. The van der Waals surface area contributed by atoms with Crippen molar-refractivity contribution in [2.24, 2.45) is 0 Å². The maximum Gasteiger partial charge on any atom is 0.237 e. The van der Waals surface area contributed by atoms with E-state index < -0.39 is 0 Å². The van der Waals surface area contributed by atoms with E-state index in [-0.39, 0.29) is 11.9 Å². The topological polar surface area (TPSA) is 35.6 Å². The van der Waals surface area contributed by atoms with Crippen molar-refractivity contribution in [2.45, 2.75) is 19.4 Å². The van der Waals surface area contributed by atoms with E-state index in [1.165, 1.54) is 4.88 Å². The second kappa shape index (κ2) is 8.70. The van der Waals surface area contributed by atoms with E-state index in [0.29, 0.717) is 6.54 Å². The average Bonchev–Trinajstić information content (AvgIpc) is 3.14. The van der Waals surface area contributed by atoms with Gasteiger partial charge in [0.05, 0.1) is 6.04 Å². The number of nitrogens with one attached hydrogen (secondary N) is 1. The molecular weight excluding hydrogens is 354 g/mol. The molecule has 1 N–H and O–H groups in total. The maximum atomic E-state index is 12.4. The molecule has 0 saturated carbocycles. The van der Waals surface area contributed by atoms with Crippen molar-refractivity contribution >= 4 is 34.5 Å². The number of piperazine rings is 1. The summed E-state index contributed by atoms with van der Waals surface area (Å²) in [6.07, 6.45) is 0.901. The minimum atomic E-state index is -0.0927. The SMILES string of the molecule is CC(C(=O)NCCc1cccs1)N1CCN(c2cccc(Cl)c2)CC1. The fourth-order valence-corrected chi connectivity index (χ4v) is 4.01. The first kappa shape index (κ1) is 18.2. The summed E-state index contributed by atoms with van der Waals surface area (Å²) in [7, 11) is 0. The molecule has 0 spiro atoms. The number of nitrogens with zero attached hydrogens (tertiary/aromatic N) is 2.